The molecule has 2 N–H and O–H groups in total. The van der Waals surface area contributed by atoms with Crippen LogP contribution in [-0.2, 0) is 16.6 Å². The molecular weight excluding hydrogens is 574 g/mol. The fourth-order valence-electron chi connectivity index (χ4n) is 5.69. The van der Waals surface area contributed by atoms with Crippen LogP contribution in [0.3, 0.4) is 0 Å². The maximum Gasteiger partial charge on any atom is 0.243 e. The summed E-state index contributed by atoms with van der Waals surface area (Å²) in [4.78, 5) is 5.84. The van der Waals surface area contributed by atoms with Gasteiger partial charge in [0.1, 0.15) is 24.2 Å². The lowest BCUT2D eigenvalue weighted by Gasteiger charge is -2.45. The number of benzene rings is 4. The fraction of sp³-hybridized carbons (Fsp3) is 0.314. The van der Waals surface area contributed by atoms with Gasteiger partial charge in [0.2, 0.25) is 10.0 Å². The van der Waals surface area contributed by atoms with Crippen molar-refractivity contribution in [3.63, 3.8) is 0 Å². The van der Waals surface area contributed by atoms with E-state index in [-0.39, 0.29) is 17.5 Å². The first-order valence-corrected chi connectivity index (χ1v) is 16.7. The van der Waals surface area contributed by atoms with Crippen LogP contribution in [0.5, 0.6) is 11.5 Å². The topological polar surface area (TPSA) is 95.1 Å². The van der Waals surface area contributed by atoms with Gasteiger partial charge in [-0.25, -0.2) is 8.42 Å². The van der Waals surface area contributed by atoms with Crippen molar-refractivity contribution < 1.29 is 23.0 Å². The highest BCUT2D eigenvalue weighted by atomic mass is 32.2. The Kier molecular flexibility index (Phi) is 9.18. The normalized spacial score (nSPS) is 15.1. The van der Waals surface area contributed by atoms with Gasteiger partial charge in [-0.1, -0.05) is 67.9 Å². The Hall–Kier alpha value is -3.89. The molecule has 44 heavy (non-hydrogen) atoms. The van der Waals surface area contributed by atoms with E-state index in [1.165, 1.54) is 4.31 Å². The number of nitrogens with one attached hydrogen (secondary N) is 1. The minimum atomic E-state index is -3.63. The number of hydrogen-bond acceptors (Lipinski definition) is 6. The average molecular weight is 614 g/mol. The molecule has 0 saturated carbocycles. The highest BCUT2D eigenvalue weighted by Gasteiger charge is 2.40. The predicted octanol–water partition coefficient (Wildman–Crippen LogP) is 5.82. The third kappa shape index (κ3) is 6.61. The molecule has 1 saturated heterocycles. The Morgan fingerprint density at radius 1 is 0.909 bits per heavy atom. The summed E-state index contributed by atoms with van der Waals surface area (Å²) in [5.41, 5.74) is 3.12. The van der Waals surface area contributed by atoms with Gasteiger partial charge in [0.15, 0.2) is 0 Å². The largest absolute Gasteiger partial charge is 0.494 e. The maximum atomic E-state index is 13.4. The van der Waals surface area contributed by atoms with Gasteiger partial charge in [-0.2, -0.15) is 4.31 Å². The van der Waals surface area contributed by atoms with E-state index in [9.17, 15) is 13.5 Å². The molecule has 0 radical (unpaired) electrons. The monoisotopic (exact) mass is 613 g/mol. The molecule has 1 fully saturated rings. The molecule has 1 atom stereocenters. The fourth-order valence-corrected chi connectivity index (χ4v) is 7.21. The Morgan fingerprint density at radius 3 is 2.41 bits per heavy atom. The number of sulfonamides is 1. The maximum absolute atomic E-state index is 13.4. The van der Waals surface area contributed by atoms with Gasteiger partial charge >= 0.3 is 0 Å². The van der Waals surface area contributed by atoms with Gasteiger partial charge in [0.25, 0.3) is 0 Å². The number of aromatic nitrogens is 1. The lowest BCUT2D eigenvalue weighted by molar-refractivity contribution is 0.0176. The summed E-state index contributed by atoms with van der Waals surface area (Å²) in [5, 5.41) is 13.2. The first kappa shape index (κ1) is 30.1. The van der Waals surface area contributed by atoms with Crippen LogP contribution < -0.4 is 9.47 Å². The molecular formula is C35H39N3O5S. The molecule has 0 aliphatic carbocycles. The van der Waals surface area contributed by atoms with Crippen LogP contribution in [0, 0.1) is 0 Å². The summed E-state index contributed by atoms with van der Waals surface area (Å²) >= 11 is 0. The lowest BCUT2D eigenvalue weighted by atomic mass is 10.1. The van der Waals surface area contributed by atoms with Crippen LogP contribution in [0.15, 0.2) is 102 Å². The van der Waals surface area contributed by atoms with E-state index in [1.807, 2.05) is 66.7 Å². The molecule has 1 aliphatic rings. The minimum Gasteiger partial charge on any atom is -0.494 e. The van der Waals surface area contributed by atoms with Gasteiger partial charge in [0, 0.05) is 48.5 Å². The molecule has 0 amide bonds. The van der Waals surface area contributed by atoms with E-state index in [1.54, 1.807) is 24.3 Å². The lowest BCUT2D eigenvalue weighted by Crippen LogP contribution is -2.61. The number of nitrogens with zero attached hydrogens (tertiary/aromatic N) is 2. The number of aliphatic hydroxyl groups excluding tert-OH is 1. The molecule has 1 unspecified atom stereocenters. The second-order valence-corrected chi connectivity index (χ2v) is 13.3. The van der Waals surface area contributed by atoms with Crippen molar-refractivity contribution in [1.29, 1.82) is 0 Å². The molecule has 230 valence electrons. The molecule has 1 aromatic heterocycles. The molecule has 8 nitrogen and oxygen atoms in total. The Labute approximate surface area is 258 Å². The number of rotatable bonds is 14. The molecule has 1 aliphatic heterocycles. The number of aliphatic hydroxyl groups is 1. The Balaban J connectivity index is 1.11. The standard InChI is InChI=1S/C35H39N3O5S/c1-2-3-20-42-29-16-18-30(19-17-29)44(40,41)38-22-27(23-38)37(21-26-10-5-4-6-11-26)24-28(39)25-43-34-15-9-14-33-35(34)31-12-7-8-13-32(31)36-33/h4-19,27-28,36,39H,2-3,20-25H2,1H3. The van der Waals surface area contributed by atoms with E-state index < -0.39 is 16.1 Å². The van der Waals surface area contributed by atoms with Crippen molar-refractivity contribution in [3.05, 3.63) is 103 Å². The minimum absolute atomic E-state index is 0.0340. The summed E-state index contributed by atoms with van der Waals surface area (Å²) in [6, 6.07) is 30.7. The number of para-hydroxylation sites is 1. The summed E-state index contributed by atoms with van der Waals surface area (Å²) in [5.74, 6) is 1.39. The molecule has 2 heterocycles. The van der Waals surface area contributed by atoms with Crippen molar-refractivity contribution >= 4 is 31.8 Å². The van der Waals surface area contributed by atoms with Crippen LogP contribution in [0.4, 0.5) is 0 Å². The Morgan fingerprint density at radius 2 is 1.64 bits per heavy atom. The summed E-state index contributed by atoms with van der Waals surface area (Å²) < 4.78 is 40.1. The SMILES string of the molecule is CCCCOc1ccc(S(=O)(=O)N2CC(N(Cc3ccccc3)CC(O)COc3cccc4[nH]c5ccccc5c34)C2)cc1. The van der Waals surface area contributed by atoms with E-state index >= 15 is 0 Å². The van der Waals surface area contributed by atoms with Crippen molar-refractivity contribution in [1.82, 2.24) is 14.2 Å². The second-order valence-electron chi connectivity index (χ2n) is 11.4. The van der Waals surface area contributed by atoms with Crippen molar-refractivity contribution in [2.45, 2.75) is 43.4 Å². The van der Waals surface area contributed by atoms with Crippen LogP contribution >= 0.6 is 0 Å². The van der Waals surface area contributed by atoms with E-state index in [0.717, 1.165) is 46.0 Å². The summed E-state index contributed by atoms with van der Waals surface area (Å²) in [6.07, 6.45) is 1.22. The number of H-pyrrole nitrogens is 1. The zero-order chi connectivity index (χ0) is 30.5. The molecule has 0 spiro atoms. The van der Waals surface area contributed by atoms with Gasteiger partial charge in [-0.05, 0) is 54.4 Å². The zero-order valence-corrected chi connectivity index (χ0v) is 25.7. The average Bonchev–Trinajstić information content (AvgIpc) is 3.39. The first-order valence-electron chi connectivity index (χ1n) is 15.2. The smallest absolute Gasteiger partial charge is 0.243 e. The predicted molar refractivity (Wildman–Crippen MR) is 174 cm³/mol. The molecule has 5 aromatic rings. The van der Waals surface area contributed by atoms with Crippen molar-refractivity contribution in [3.8, 4) is 11.5 Å². The molecule has 0 bridgehead atoms. The third-order valence-corrected chi connectivity index (χ3v) is 10.0. The van der Waals surface area contributed by atoms with Gasteiger partial charge in [0.05, 0.1) is 17.0 Å². The number of ether oxygens (including phenoxy) is 2. The van der Waals surface area contributed by atoms with Crippen molar-refractivity contribution in [2.75, 3.05) is 32.8 Å². The summed E-state index contributed by atoms with van der Waals surface area (Å²) in [6.45, 7) is 4.48. The van der Waals surface area contributed by atoms with Crippen LogP contribution in [-0.4, -0.2) is 72.7 Å². The van der Waals surface area contributed by atoms with E-state index in [0.29, 0.717) is 38.5 Å². The number of aromatic amines is 1. The van der Waals surface area contributed by atoms with E-state index in [2.05, 4.69) is 22.9 Å². The third-order valence-electron chi connectivity index (χ3n) is 8.17. The van der Waals surface area contributed by atoms with Gasteiger partial charge in [-0.15, -0.1) is 0 Å². The van der Waals surface area contributed by atoms with Crippen LogP contribution in [0.25, 0.3) is 21.8 Å². The zero-order valence-electron chi connectivity index (χ0n) is 24.9. The molecule has 6 rings (SSSR count). The van der Waals surface area contributed by atoms with Gasteiger partial charge < -0.3 is 19.6 Å². The van der Waals surface area contributed by atoms with Gasteiger partial charge in [-0.3, -0.25) is 4.90 Å². The second kappa shape index (κ2) is 13.4. The molecule has 4 aromatic carbocycles. The molecule has 9 heteroatoms. The number of fused-ring (bicyclic) bond motifs is 3. The van der Waals surface area contributed by atoms with Crippen molar-refractivity contribution in [2.24, 2.45) is 0 Å². The quantitative estimate of drug-likeness (QED) is 0.154. The summed E-state index contributed by atoms with van der Waals surface area (Å²) in [7, 11) is -3.63. The highest BCUT2D eigenvalue weighted by Crippen LogP contribution is 2.33. The first-order chi connectivity index (χ1) is 21.4. The Bertz CT molecular complexity index is 1780. The highest BCUT2D eigenvalue weighted by molar-refractivity contribution is 7.89. The number of hydrogen-bond donors (Lipinski definition) is 2. The number of unbranched alkanes of at least 4 members (excludes halogenated alkanes) is 1. The van der Waals surface area contributed by atoms with Crippen LogP contribution in [0.2, 0.25) is 0 Å². The van der Waals surface area contributed by atoms with Crippen LogP contribution in [0.1, 0.15) is 25.3 Å². The van der Waals surface area contributed by atoms with E-state index in [4.69, 9.17) is 9.47 Å².